The van der Waals surface area contributed by atoms with E-state index in [4.69, 9.17) is 23.2 Å². The summed E-state index contributed by atoms with van der Waals surface area (Å²) in [5.74, 6) is -0.901. The second-order valence-electron chi connectivity index (χ2n) is 8.74. The second kappa shape index (κ2) is 13.6. The Kier molecular flexibility index (Phi) is 10.6. The molecule has 0 spiro atoms. The van der Waals surface area contributed by atoms with E-state index in [1.54, 1.807) is 67.6 Å². The van der Waals surface area contributed by atoms with E-state index in [9.17, 15) is 18.0 Å². The lowest BCUT2D eigenvalue weighted by atomic mass is 10.1. The molecule has 38 heavy (non-hydrogen) atoms. The SMILES string of the molecule is CCCCNC(=O)[C@H](C)N(Cc1ccccc1Cl)C(=O)CN(c1cccc(Cl)c1)S(=O)(=O)c1ccccc1. The molecule has 0 bridgehead atoms. The highest BCUT2D eigenvalue weighted by molar-refractivity contribution is 7.92. The Bertz CT molecular complexity index is 1350. The number of hydrogen-bond acceptors (Lipinski definition) is 4. The number of anilines is 1. The van der Waals surface area contributed by atoms with Gasteiger partial charge < -0.3 is 10.2 Å². The zero-order valence-corrected chi connectivity index (χ0v) is 23.6. The van der Waals surface area contributed by atoms with Gasteiger partial charge in [0.05, 0.1) is 10.6 Å². The molecule has 202 valence electrons. The number of unbranched alkanes of at least 4 members (excludes halogenated alkanes) is 1. The summed E-state index contributed by atoms with van der Waals surface area (Å²) >= 11 is 12.5. The number of halogens is 2. The maximum atomic E-state index is 13.8. The molecule has 3 rings (SSSR count). The lowest BCUT2D eigenvalue weighted by Gasteiger charge is -2.32. The third-order valence-electron chi connectivity index (χ3n) is 6.00. The average Bonchev–Trinajstić information content (AvgIpc) is 2.91. The smallest absolute Gasteiger partial charge is 0.264 e. The highest BCUT2D eigenvalue weighted by Crippen LogP contribution is 2.27. The van der Waals surface area contributed by atoms with Gasteiger partial charge in [-0.15, -0.1) is 0 Å². The fourth-order valence-corrected chi connectivity index (χ4v) is 5.62. The number of amides is 2. The predicted molar refractivity (Wildman–Crippen MR) is 152 cm³/mol. The van der Waals surface area contributed by atoms with Gasteiger partial charge in [-0.3, -0.25) is 13.9 Å². The fourth-order valence-electron chi connectivity index (χ4n) is 3.81. The van der Waals surface area contributed by atoms with Crippen LogP contribution in [0.2, 0.25) is 10.0 Å². The molecule has 0 saturated carbocycles. The summed E-state index contributed by atoms with van der Waals surface area (Å²) in [6, 6.07) is 20.3. The Labute approximate surface area is 234 Å². The van der Waals surface area contributed by atoms with Crippen LogP contribution in [0.5, 0.6) is 0 Å². The summed E-state index contributed by atoms with van der Waals surface area (Å²) in [6.07, 6.45) is 1.71. The number of sulfonamides is 1. The van der Waals surface area contributed by atoms with E-state index >= 15 is 0 Å². The van der Waals surface area contributed by atoms with Crippen molar-refractivity contribution >= 4 is 50.7 Å². The zero-order chi connectivity index (χ0) is 27.7. The summed E-state index contributed by atoms with van der Waals surface area (Å²) < 4.78 is 28.4. The Morgan fingerprint density at radius 2 is 1.63 bits per heavy atom. The molecule has 0 fully saturated rings. The number of hydrogen-bond donors (Lipinski definition) is 1. The Balaban J connectivity index is 2.00. The van der Waals surface area contributed by atoms with Gasteiger partial charge >= 0.3 is 0 Å². The monoisotopic (exact) mass is 575 g/mol. The number of benzene rings is 3. The van der Waals surface area contributed by atoms with Crippen LogP contribution in [0.3, 0.4) is 0 Å². The van der Waals surface area contributed by atoms with Crippen molar-refractivity contribution in [2.24, 2.45) is 0 Å². The average molecular weight is 577 g/mol. The van der Waals surface area contributed by atoms with E-state index in [2.05, 4.69) is 5.32 Å². The van der Waals surface area contributed by atoms with Gasteiger partial charge in [0.1, 0.15) is 12.6 Å². The van der Waals surface area contributed by atoms with Crippen molar-refractivity contribution in [3.8, 4) is 0 Å². The molecule has 0 unspecified atom stereocenters. The van der Waals surface area contributed by atoms with Crippen LogP contribution < -0.4 is 9.62 Å². The Hall–Kier alpha value is -3.07. The van der Waals surface area contributed by atoms with Crippen molar-refractivity contribution in [3.63, 3.8) is 0 Å². The first-order valence-electron chi connectivity index (χ1n) is 12.3. The lowest BCUT2D eigenvalue weighted by molar-refractivity contribution is -0.139. The zero-order valence-electron chi connectivity index (χ0n) is 21.3. The van der Waals surface area contributed by atoms with Gasteiger partial charge in [-0.25, -0.2) is 8.42 Å². The molecule has 0 heterocycles. The van der Waals surface area contributed by atoms with Crippen molar-refractivity contribution in [1.29, 1.82) is 0 Å². The van der Waals surface area contributed by atoms with Gasteiger partial charge in [0.15, 0.2) is 0 Å². The maximum absolute atomic E-state index is 13.8. The number of nitrogens with one attached hydrogen (secondary N) is 1. The summed E-state index contributed by atoms with van der Waals surface area (Å²) in [5, 5.41) is 3.61. The fraction of sp³-hybridized carbons (Fsp3) is 0.286. The molecule has 2 amide bonds. The first kappa shape index (κ1) is 29.5. The van der Waals surface area contributed by atoms with Crippen molar-refractivity contribution in [2.45, 2.75) is 44.2 Å². The van der Waals surface area contributed by atoms with E-state index in [0.717, 1.165) is 17.1 Å². The van der Waals surface area contributed by atoms with Crippen molar-refractivity contribution in [1.82, 2.24) is 10.2 Å². The molecule has 1 atom stereocenters. The van der Waals surface area contributed by atoms with Gasteiger partial charge in [-0.1, -0.05) is 79.0 Å². The van der Waals surface area contributed by atoms with Crippen LogP contribution in [-0.4, -0.2) is 44.3 Å². The van der Waals surface area contributed by atoms with Crippen LogP contribution in [0.15, 0.2) is 83.8 Å². The van der Waals surface area contributed by atoms with Crippen molar-refractivity contribution in [2.75, 3.05) is 17.4 Å². The first-order chi connectivity index (χ1) is 18.1. The molecule has 0 radical (unpaired) electrons. The maximum Gasteiger partial charge on any atom is 0.264 e. The standard InChI is InChI=1S/C28H31Cl2N3O4S/c1-3-4-17-31-28(35)21(2)32(19-22-11-8-9-16-26(22)30)27(34)20-33(24-13-10-12-23(29)18-24)38(36,37)25-14-6-5-7-15-25/h5-16,18,21H,3-4,17,19-20H2,1-2H3,(H,31,35)/t21-/m0/s1. The lowest BCUT2D eigenvalue weighted by Crippen LogP contribution is -2.51. The minimum atomic E-state index is -4.14. The molecule has 1 N–H and O–H groups in total. The van der Waals surface area contributed by atoms with Crippen LogP contribution in [0, 0.1) is 0 Å². The quantitative estimate of drug-likeness (QED) is 0.288. The first-order valence-corrected chi connectivity index (χ1v) is 14.5. The summed E-state index contributed by atoms with van der Waals surface area (Å²) in [7, 11) is -4.14. The molecule has 7 nitrogen and oxygen atoms in total. The third-order valence-corrected chi connectivity index (χ3v) is 8.39. The molecular weight excluding hydrogens is 545 g/mol. The van der Waals surface area contributed by atoms with Gasteiger partial charge in [0.25, 0.3) is 10.0 Å². The van der Waals surface area contributed by atoms with Crippen LogP contribution in [0.25, 0.3) is 0 Å². The molecule has 3 aromatic carbocycles. The molecule has 3 aromatic rings. The van der Waals surface area contributed by atoms with E-state index in [1.807, 2.05) is 6.92 Å². The summed E-state index contributed by atoms with van der Waals surface area (Å²) in [6.45, 7) is 3.58. The van der Waals surface area contributed by atoms with Crippen LogP contribution in [-0.2, 0) is 26.2 Å². The highest BCUT2D eigenvalue weighted by Gasteiger charge is 2.32. The van der Waals surface area contributed by atoms with E-state index in [0.29, 0.717) is 22.2 Å². The minimum absolute atomic E-state index is 0.0235. The van der Waals surface area contributed by atoms with Gasteiger partial charge in [-0.05, 0) is 55.3 Å². The van der Waals surface area contributed by atoms with Gasteiger partial charge in [0, 0.05) is 23.1 Å². The molecule has 0 aromatic heterocycles. The second-order valence-corrected chi connectivity index (χ2v) is 11.4. The van der Waals surface area contributed by atoms with E-state index in [1.165, 1.54) is 23.1 Å². The number of carbonyl (C=O) groups excluding carboxylic acids is 2. The topological polar surface area (TPSA) is 86.8 Å². The number of rotatable bonds is 12. The van der Waals surface area contributed by atoms with Crippen molar-refractivity contribution in [3.05, 3.63) is 94.5 Å². The van der Waals surface area contributed by atoms with Crippen LogP contribution in [0.1, 0.15) is 32.3 Å². The normalized spacial score (nSPS) is 12.0. The van der Waals surface area contributed by atoms with Crippen LogP contribution in [0.4, 0.5) is 5.69 Å². The Morgan fingerprint density at radius 1 is 0.947 bits per heavy atom. The number of carbonyl (C=O) groups is 2. The summed E-state index contributed by atoms with van der Waals surface area (Å²) in [5.41, 5.74) is 0.864. The van der Waals surface area contributed by atoms with Crippen LogP contribution >= 0.6 is 23.2 Å². The Morgan fingerprint density at radius 3 is 2.29 bits per heavy atom. The molecule has 0 aliphatic rings. The molecular formula is C28H31Cl2N3O4S. The third kappa shape index (κ3) is 7.49. The molecule has 10 heteroatoms. The van der Waals surface area contributed by atoms with Gasteiger partial charge in [0.2, 0.25) is 11.8 Å². The van der Waals surface area contributed by atoms with Crippen molar-refractivity contribution < 1.29 is 18.0 Å². The molecule has 0 aliphatic carbocycles. The largest absolute Gasteiger partial charge is 0.354 e. The summed E-state index contributed by atoms with van der Waals surface area (Å²) in [4.78, 5) is 28.2. The van der Waals surface area contributed by atoms with Gasteiger partial charge in [-0.2, -0.15) is 0 Å². The van der Waals surface area contributed by atoms with E-state index in [-0.39, 0.29) is 23.0 Å². The predicted octanol–water partition coefficient (Wildman–Crippen LogP) is 5.52. The highest BCUT2D eigenvalue weighted by atomic mass is 35.5. The van der Waals surface area contributed by atoms with E-state index < -0.39 is 28.5 Å². The minimum Gasteiger partial charge on any atom is -0.354 e. The molecule has 0 saturated heterocycles. The number of nitrogens with zero attached hydrogens (tertiary/aromatic N) is 2. The molecule has 0 aliphatic heterocycles.